The van der Waals surface area contributed by atoms with Gasteiger partial charge in [0.15, 0.2) is 0 Å². The number of rotatable bonds is 0. The second-order valence-corrected chi connectivity index (χ2v) is 15.4. The van der Waals surface area contributed by atoms with E-state index in [4.69, 9.17) is 0 Å². The molecule has 0 saturated carbocycles. The Morgan fingerprint density at radius 3 is 0.152 bits per heavy atom. The second kappa shape index (κ2) is 100. The van der Waals surface area contributed by atoms with Crippen LogP contribution in [0.2, 0.25) is 0 Å². The number of hydrogen-bond donors (Lipinski definition) is 0. The van der Waals surface area contributed by atoms with Gasteiger partial charge >= 0.3 is 0 Å². The molecule has 0 saturated heterocycles. The molecule has 0 nitrogen and oxygen atoms in total. The van der Waals surface area contributed by atoms with Crippen LogP contribution in [0.4, 0.5) is 0 Å². The molecule has 1 radical (unpaired) electrons. The Hall–Kier alpha value is -25.9. The van der Waals surface area contributed by atoms with E-state index in [9.17, 15) is 0 Å². The van der Waals surface area contributed by atoms with E-state index in [1.165, 1.54) is 0 Å². The molecule has 1 heteroatoms. The molecule has 0 aliphatic heterocycles. The minimum Gasteiger partial charge on any atom is -0.284 e. The quantitative estimate of drug-likeness (QED) is 0.252. The van der Waals surface area contributed by atoms with E-state index in [1.807, 2.05) is 0 Å². The predicted octanol–water partition coefficient (Wildman–Crippen LogP) is 1.05. The summed E-state index contributed by atoms with van der Waals surface area (Å²) in [6.07, 6.45) is 0. The van der Waals surface area contributed by atoms with Crippen molar-refractivity contribution in [1.29, 1.82) is 0 Å². The van der Waals surface area contributed by atoms with E-state index >= 15 is 0 Å². The molecule has 0 rings (SSSR count). The molecule has 0 amide bonds. The van der Waals surface area contributed by atoms with Crippen LogP contribution >= 0.6 is 0 Å². The first kappa shape index (κ1) is 101. The van der Waals surface area contributed by atoms with Crippen LogP contribution in [0.5, 0.6) is 0 Å². The standard InChI is InChI=1S/C124H5.Y/c1-3-5-7-9-11-13-15-17-19-21-23-25-27-29-31-33-35-37-39-41-43-45-47-49-51-53-55-57-59-61-63-65-67-69-71-73-75-77-79-81-83-85-87-89-91-93-95-97-99-101-103-105-107-109-111-113-115-117-119-121-123-124-122-120-118-116-114-112-110-108-106-104-102-100-98-96-94-92-90-88-86-84-82-80-78-76-74-72-70-68-66-64-62-60-58-56-54-52-50-48-46-44-42-40-38-36-34-32-30-28-26-24-22-20-18-16-14-12-10-8-6-4-2;/h1H2,2H3;/q-1;. The Bertz CT molecular complexity index is 8220. The first-order valence-corrected chi connectivity index (χ1v) is 31.1. The van der Waals surface area contributed by atoms with Crippen molar-refractivity contribution in [3.05, 3.63) is 6.92 Å². The smallest absolute Gasteiger partial charge is 0 e. The van der Waals surface area contributed by atoms with Crippen LogP contribution in [0.3, 0.4) is 0 Å². The molecule has 0 bridgehead atoms. The van der Waals surface area contributed by atoms with Gasteiger partial charge < -0.3 is 0 Å². The molecule has 0 aromatic carbocycles. The fraction of sp³-hybridized carbons (Fsp3) is 0.00806. The van der Waals surface area contributed by atoms with Gasteiger partial charge in [0, 0.05) is 637 Å². The third-order valence-corrected chi connectivity index (χ3v) is 7.65. The molecule has 0 aliphatic carbocycles. The SMILES string of the molecule is [CH2-]C#CC#CC#CC#CC#CC#CC#CC#CC#CC#CC#CC#CC#CC#CC#CC#CC#CC#CC#CC#CC#CC#CC#CC#CC#CC#CC#CC#CC#CC#CC#CC#CC#CC#CC#CC#CC#CC#CC#CC#CC#CC#CC#CC#CC#CC#CC#CC#CC#CC#CC#CC#CC#CC#CC#CC#CC#CC#CC#CC#CC#CC.[Y]. The maximum absolute atomic E-state index is 3.32. The Morgan fingerprint density at radius 1 is 0.0720 bits per heavy atom. The Kier molecular flexibility index (Phi) is 81.1. The van der Waals surface area contributed by atoms with E-state index in [1.54, 1.807) is 6.92 Å². The van der Waals surface area contributed by atoms with Gasteiger partial charge in [-0.25, -0.2) is 5.92 Å². The fourth-order valence-corrected chi connectivity index (χ4v) is 3.79. The Labute approximate surface area is 762 Å². The van der Waals surface area contributed by atoms with Gasteiger partial charge in [0.2, 0.25) is 0 Å². The average molecular weight is 1580 g/mol. The summed E-state index contributed by atoms with van der Waals surface area (Å²) in [6.45, 7) is 5.00. The molecule has 125 heavy (non-hydrogen) atoms. The minimum atomic E-state index is 0. The van der Waals surface area contributed by atoms with E-state index in [0.717, 1.165) is 0 Å². The van der Waals surface area contributed by atoms with Gasteiger partial charge in [-0.2, -0.15) is 6.92 Å². The van der Waals surface area contributed by atoms with Crippen LogP contribution in [0, 0.1) is 729 Å². The van der Waals surface area contributed by atoms with Gasteiger partial charge in [-0.1, -0.05) is 5.92 Å². The third kappa shape index (κ3) is 100. The zero-order valence-corrected chi connectivity index (χ0v) is 66.1. The average Bonchev–Trinajstić information content (AvgIpc) is 1.21. The van der Waals surface area contributed by atoms with Gasteiger partial charge in [0.1, 0.15) is 0 Å². The van der Waals surface area contributed by atoms with Crippen LogP contribution in [0.15, 0.2) is 0 Å². The molecule has 0 aromatic heterocycles. The molecule has 0 aromatic rings. The first-order valence-electron chi connectivity index (χ1n) is 31.1. The van der Waals surface area contributed by atoms with Crippen LogP contribution < -0.4 is 0 Å². The molecule has 0 spiro atoms. The van der Waals surface area contributed by atoms with E-state index in [0.29, 0.717) is 0 Å². The van der Waals surface area contributed by atoms with E-state index < -0.39 is 0 Å². The summed E-state index contributed by atoms with van der Waals surface area (Å²) in [6, 6.07) is 0. The van der Waals surface area contributed by atoms with Gasteiger partial charge in [0.05, 0.1) is 0 Å². The van der Waals surface area contributed by atoms with Crippen molar-refractivity contribution >= 4 is 0 Å². The van der Waals surface area contributed by atoms with Crippen molar-refractivity contribution in [3.8, 4) is 722 Å². The maximum atomic E-state index is 3.32. The molecular formula is C124H5Y-. The predicted molar refractivity (Wildman–Crippen MR) is 485 cm³/mol. The summed E-state index contributed by atoms with van der Waals surface area (Å²) in [5, 5.41) is 0. The molecule has 0 unspecified atom stereocenters. The zero-order chi connectivity index (χ0) is 88.3. The van der Waals surface area contributed by atoms with Crippen molar-refractivity contribution in [1.82, 2.24) is 0 Å². The first-order chi connectivity index (χ1) is 61.9. The van der Waals surface area contributed by atoms with Crippen molar-refractivity contribution in [2.45, 2.75) is 6.92 Å². The zero-order valence-electron chi connectivity index (χ0n) is 63.3. The fourth-order valence-electron chi connectivity index (χ4n) is 3.79. The van der Waals surface area contributed by atoms with Crippen LogP contribution in [0.25, 0.3) is 0 Å². The molecule has 0 N–H and O–H groups in total. The summed E-state index contributed by atoms with van der Waals surface area (Å²) in [7, 11) is 0. The summed E-state index contributed by atoms with van der Waals surface area (Å²) in [4.78, 5) is 0. The topological polar surface area (TPSA) is 0 Å². The van der Waals surface area contributed by atoms with Crippen LogP contribution in [0.1, 0.15) is 6.92 Å². The van der Waals surface area contributed by atoms with Crippen molar-refractivity contribution in [3.63, 3.8) is 0 Å². The normalized spacial score (nSPS) is 3.94. The molecule has 0 aliphatic rings. The molecular weight excluding hydrogens is 1580 g/mol. The van der Waals surface area contributed by atoms with Crippen LogP contribution in [-0.2, 0) is 32.7 Å². The maximum Gasteiger partial charge on any atom is 0 e. The summed E-state index contributed by atoms with van der Waals surface area (Å²) >= 11 is 0. The molecule has 505 valence electrons. The molecule has 0 atom stereocenters. The van der Waals surface area contributed by atoms with Crippen molar-refractivity contribution < 1.29 is 32.7 Å². The second-order valence-electron chi connectivity index (χ2n) is 15.4. The van der Waals surface area contributed by atoms with Crippen LogP contribution in [-0.4, -0.2) is 0 Å². The molecule has 0 fully saturated rings. The Balaban J connectivity index is 0. The van der Waals surface area contributed by atoms with Crippen molar-refractivity contribution in [2.24, 2.45) is 0 Å². The van der Waals surface area contributed by atoms with E-state index in [-0.39, 0.29) is 32.7 Å². The van der Waals surface area contributed by atoms with Crippen molar-refractivity contribution in [2.75, 3.05) is 0 Å². The van der Waals surface area contributed by atoms with Gasteiger partial charge in [-0.05, 0) is 102 Å². The third-order valence-electron chi connectivity index (χ3n) is 7.65. The van der Waals surface area contributed by atoms with E-state index in [2.05, 4.69) is 729 Å². The minimum absolute atomic E-state index is 0. The number of hydrogen-bond acceptors (Lipinski definition) is 0. The monoisotopic (exact) mass is 1580 g/mol. The van der Waals surface area contributed by atoms with Gasteiger partial charge in [0.25, 0.3) is 0 Å². The van der Waals surface area contributed by atoms with Gasteiger partial charge in [-0.3, -0.25) is 5.92 Å². The summed E-state index contributed by atoms with van der Waals surface area (Å²) < 4.78 is 0. The molecule has 0 heterocycles. The Morgan fingerprint density at radius 2 is 0.112 bits per heavy atom. The summed E-state index contributed by atoms with van der Waals surface area (Å²) in [5.41, 5.74) is 0. The summed E-state index contributed by atoms with van der Waals surface area (Å²) in [5.74, 6) is 305. The van der Waals surface area contributed by atoms with Gasteiger partial charge in [-0.15, -0.1) is 5.92 Å². The largest absolute Gasteiger partial charge is 0.284 e.